The number of nitrogens with zero attached hydrogens (tertiary/aromatic N) is 1. The highest BCUT2D eigenvalue weighted by atomic mass is 16.3. The summed E-state index contributed by atoms with van der Waals surface area (Å²) in [5.74, 6) is 0.248. The van der Waals surface area contributed by atoms with Crippen LogP contribution in [0.25, 0.3) is 0 Å². The molecular weight excluding hydrogens is 344 g/mol. The molecule has 2 aromatic carbocycles. The van der Waals surface area contributed by atoms with E-state index in [0.717, 1.165) is 24.1 Å². The third-order valence-corrected chi connectivity index (χ3v) is 4.45. The second-order valence-corrected chi connectivity index (χ2v) is 6.64. The Hall–Kier alpha value is -3.22. The molecule has 3 rings (SSSR count). The van der Waals surface area contributed by atoms with Crippen LogP contribution >= 0.6 is 0 Å². The van der Waals surface area contributed by atoms with Gasteiger partial charge in [0.1, 0.15) is 5.75 Å². The lowest BCUT2D eigenvalue weighted by molar-refractivity contribution is 0.248. The Morgan fingerprint density at radius 3 is 2.74 bits per heavy atom. The van der Waals surface area contributed by atoms with Crippen LogP contribution in [0.15, 0.2) is 48.5 Å². The summed E-state index contributed by atoms with van der Waals surface area (Å²) in [6.45, 7) is 3.18. The van der Waals surface area contributed by atoms with Crippen LogP contribution in [0.5, 0.6) is 5.75 Å². The van der Waals surface area contributed by atoms with E-state index in [1.54, 1.807) is 29.2 Å². The zero-order chi connectivity index (χ0) is 19.2. The fraction of sp³-hybridized carbons (Fsp3) is 0.300. The first kappa shape index (κ1) is 18.6. The third-order valence-electron chi connectivity index (χ3n) is 4.45. The highest BCUT2D eigenvalue weighted by molar-refractivity contribution is 5.95. The van der Waals surface area contributed by atoms with E-state index in [1.807, 2.05) is 31.2 Å². The Morgan fingerprint density at radius 1 is 1.26 bits per heavy atom. The van der Waals surface area contributed by atoms with Crippen LogP contribution in [-0.4, -0.2) is 36.3 Å². The molecule has 1 unspecified atom stereocenters. The van der Waals surface area contributed by atoms with Gasteiger partial charge in [0.05, 0.1) is 0 Å². The molecule has 7 heteroatoms. The van der Waals surface area contributed by atoms with Gasteiger partial charge in [0, 0.05) is 30.5 Å². The minimum atomic E-state index is -0.281. The van der Waals surface area contributed by atoms with Crippen molar-refractivity contribution in [2.75, 3.05) is 23.3 Å². The summed E-state index contributed by atoms with van der Waals surface area (Å²) in [6.07, 6.45) is 1.59. The first-order valence-electron chi connectivity index (χ1n) is 9.02. The van der Waals surface area contributed by atoms with Crippen LogP contribution in [0.4, 0.5) is 21.0 Å². The van der Waals surface area contributed by atoms with Crippen molar-refractivity contribution in [3.63, 3.8) is 0 Å². The topological polar surface area (TPSA) is 93.7 Å². The van der Waals surface area contributed by atoms with Crippen LogP contribution in [0.2, 0.25) is 0 Å². The molecule has 0 spiro atoms. The Labute approximate surface area is 158 Å². The van der Waals surface area contributed by atoms with Gasteiger partial charge in [-0.05, 0) is 55.7 Å². The number of hydrogen-bond acceptors (Lipinski definition) is 3. The fourth-order valence-electron chi connectivity index (χ4n) is 2.98. The van der Waals surface area contributed by atoms with E-state index in [4.69, 9.17) is 0 Å². The smallest absolute Gasteiger partial charge is 0.321 e. The average Bonchev–Trinajstić information content (AvgIpc) is 3.07. The molecule has 1 saturated heterocycles. The van der Waals surface area contributed by atoms with E-state index < -0.39 is 0 Å². The minimum Gasteiger partial charge on any atom is -0.508 e. The van der Waals surface area contributed by atoms with Crippen molar-refractivity contribution >= 4 is 23.4 Å². The maximum atomic E-state index is 12.2. The molecule has 0 bridgehead atoms. The SMILES string of the molecule is CC(CCc1ccc(O)cc1)NC(=O)Nc1cccc(N2CCNC2=O)c1. The van der Waals surface area contributed by atoms with Crippen LogP contribution in [0, 0.1) is 0 Å². The predicted molar refractivity (Wildman–Crippen MR) is 105 cm³/mol. The monoisotopic (exact) mass is 368 g/mol. The number of nitrogens with one attached hydrogen (secondary N) is 3. The zero-order valence-electron chi connectivity index (χ0n) is 15.2. The van der Waals surface area contributed by atoms with Crippen molar-refractivity contribution in [3.05, 3.63) is 54.1 Å². The maximum Gasteiger partial charge on any atom is 0.321 e. The first-order valence-corrected chi connectivity index (χ1v) is 9.02. The fourth-order valence-corrected chi connectivity index (χ4v) is 2.98. The number of anilines is 2. The summed E-state index contributed by atoms with van der Waals surface area (Å²) < 4.78 is 0. The Balaban J connectivity index is 1.49. The number of aryl methyl sites for hydroxylation is 1. The van der Waals surface area contributed by atoms with Crippen molar-refractivity contribution in [1.29, 1.82) is 0 Å². The largest absolute Gasteiger partial charge is 0.508 e. The number of phenols is 1. The summed E-state index contributed by atoms with van der Waals surface area (Å²) in [5, 5.41) is 17.8. The molecule has 1 atom stereocenters. The quantitative estimate of drug-likeness (QED) is 0.631. The molecule has 27 heavy (non-hydrogen) atoms. The van der Waals surface area contributed by atoms with Gasteiger partial charge >= 0.3 is 12.1 Å². The zero-order valence-corrected chi connectivity index (χ0v) is 15.2. The number of phenolic OH excluding ortho intramolecular Hbond substituents is 1. The molecule has 1 fully saturated rings. The highest BCUT2D eigenvalue weighted by Crippen LogP contribution is 2.21. The van der Waals surface area contributed by atoms with E-state index in [-0.39, 0.29) is 23.9 Å². The normalized spacial score (nSPS) is 14.6. The van der Waals surface area contributed by atoms with Crippen molar-refractivity contribution in [3.8, 4) is 5.75 Å². The number of aromatic hydroxyl groups is 1. The number of carbonyl (C=O) groups excluding carboxylic acids is 2. The van der Waals surface area contributed by atoms with Crippen LogP contribution in [0.3, 0.4) is 0 Å². The second-order valence-electron chi connectivity index (χ2n) is 6.64. The van der Waals surface area contributed by atoms with Crippen molar-refractivity contribution < 1.29 is 14.7 Å². The maximum absolute atomic E-state index is 12.2. The number of carbonyl (C=O) groups is 2. The molecule has 0 aromatic heterocycles. The summed E-state index contributed by atoms with van der Waals surface area (Å²) in [7, 11) is 0. The lowest BCUT2D eigenvalue weighted by Crippen LogP contribution is -2.36. The number of rotatable bonds is 6. The van der Waals surface area contributed by atoms with E-state index >= 15 is 0 Å². The van der Waals surface area contributed by atoms with Gasteiger partial charge in [0.2, 0.25) is 0 Å². The van der Waals surface area contributed by atoms with Gasteiger partial charge in [-0.2, -0.15) is 0 Å². The van der Waals surface area contributed by atoms with E-state index in [1.165, 1.54) is 0 Å². The lowest BCUT2D eigenvalue weighted by Gasteiger charge is -2.17. The van der Waals surface area contributed by atoms with Crippen LogP contribution in [-0.2, 0) is 6.42 Å². The molecule has 1 aliphatic rings. The number of benzene rings is 2. The molecule has 4 N–H and O–H groups in total. The predicted octanol–water partition coefficient (Wildman–Crippen LogP) is 3.06. The van der Waals surface area contributed by atoms with Crippen molar-refractivity contribution in [2.24, 2.45) is 0 Å². The van der Waals surface area contributed by atoms with Crippen LogP contribution in [0.1, 0.15) is 18.9 Å². The number of urea groups is 2. The average molecular weight is 368 g/mol. The molecule has 4 amide bonds. The molecule has 7 nitrogen and oxygen atoms in total. The van der Waals surface area contributed by atoms with E-state index in [0.29, 0.717) is 18.8 Å². The Kier molecular flexibility index (Phi) is 5.80. The molecule has 1 aliphatic heterocycles. The number of hydrogen-bond donors (Lipinski definition) is 4. The molecule has 0 saturated carbocycles. The van der Waals surface area contributed by atoms with Gasteiger partial charge < -0.3 is 21.1 Å². The lowest BCUT2D eigenvalue weighted by atomic mass is 10.1. The summed E-state index contributed by atoms with van der Waals surface area (Å²) in [4.78, 5) is 25.6. The summed E-state index contributed by atoms with van der Waals surface area (Å²) in [6, 6.07) is 13.9. The molecule has 1 heterocycles. The van der Waals surface area contributed by atoms with E-state index in [2.05, 4.69) is 16.0 Å². The standard InChI is InChI=1S/C20H24N4O3/c1-14(5-6-15-7-9-18(25)10-8-15)22-19(26)23-16-3-2-4-17(13-16)24-12-11-21-20(24)27/h2-4,7-10,13-14,25H,5-6,11-12H2,1H3,(H,21,27)(H2,22,23,26). The van der Waals surface area contributed by atoms with Gasteiger partial charge in [-0.25, -0.2) is 9.59 Å². The Morgan fingerprint density at radius 2 is 2.04 bits per heavy atom. The Bertz CT molecular complexity index is 807. The molecule has 0 aliphatic carbocycles. The molecule has 2 aromatic rings. The summed E-state index contributed by atoms with van der Waals surface area (Å²) >= 11 is 0. The highest BCUT2D eigenvalue weighted by Gasteiger charge is 2.21. The first-order chi connectivity index (χ1) is 13.0. The second kappa shape index (κ2) is 8.44. The van der Waals surface area contributed by atoms with Crippen molar-refractivity contribution in [2.45, 2.75) is 25.8 Å². The third kappa shape index (κ3) is 5.13. The molecule has 142 valence electrons. The van der Waals surface area contributed by atoms with Gasteiger partial charge in [-0.1, -0.05) is 18.2 Å². The van der Waals surface area contributed by atoms with Gasteiger partial charge in [-0.3, -0.25) is 4.90 Å². The molecule has 0 radical (unpaired) electrons. The van der Waals surface area contributed by atoms with E-state index in [9.17, 15) is 14.7 Å². The number of amides is 4. The van der Waals surface area contributed by atoms with Gasteiger partial charge in [0.15, 0.2) is 0 Å². The minimum absolute atomic E-state index is 0.00801. The summed E-state index contributed by atoms with van der Waals surface area (Å²) in [5.41, 5.74) is 2.50. The van der Waals surface area contributed by atoms with Gasteiger partial charge in [-0.15, -0.1) is 0 Å². The van der Waals surface area contributed by atoms with Crippen LogP contribution < -0.4 is 20.9 Å². The van der Waals surface area contributed by atoms with Gasteiger partial charge in [0.25, 0.3) is 0 Å². The van der Waals surface area contributed by atoms with Crippen molar-refractivity contribution in [1.82, 2.24) is 10.6 Å². The molecular formula is C20H24N4O3.